The summed E-state index contributed by atoms with van der Waals surface area (Å²) in [5.74, 6) is 0.324. The molecule has 0 aliphatic rings. The van der Waals surface area contributed by atoms with Crippen LogP contribution >= 0.6 is 34.8 Å². The molecule has 0 unspecified atom stereocenters. The second-order valence-corrected chi connectivity index (χ2v) is 8.90. The molecule has 3 aromatic carbocycles. The number of nitro benzene ring substituents is 1. The highest BCUT2D eigenvalue weighted by molar-refractivity contribution is 7.92. The van der Waals surface area contributed by atoms with Gasteiger partial charge in [-0.2, -0.15) is 0 Å². The van der Waals surface area contributed by atoms with Gasteiger partial charge < -0.3 is 9.47 Å². The van der Waals surface area contributed by atoms with Crippen LogP contribution in [0.2, 0.25) is 15.1 Å². The molecule has 0 amide bonds. The van der Waals surface area contributed by atoms with Crippen molar-refractivity contribution < 1.29 is 22.8 Å². The van der Waals surface area contributed by atoms with Crippen molar-refractivity contribution >= 4 is 56.2 Å². The fourth-order valence-electron chi connectivity index (χ4n) is 2.52. The topological polar surface area (TPSA) is 108 Å². The molecule has 1 N–H and O–H groups in total. The van der Waals surface area contributed by atoms with E-state index in [2.05, 4.69) is 4.72 Å². The molecule has 0 heterocycles. The summed E-state index contributed by atoms with van der Waals surface area (Å²) in [6.07, 6.45) is 0. The van der Waals surface area contributed by atoms with E-state index >= 15 is 0 Å². The molecule has 0 radical (unpaired) electrons. The monoisotopic (exact) mass is 502 g/mol. The maximum atomic E-state index is 12.8. The van der Waals surface area contributed by atoms with Gasteiger partial charge in [-0.25, -0.2) is 8.42 Å². The number of nitrogens with zero attached hydrogens (tertiary/aromatic N) is 1. The Balaban J connectivity index is 1.92. The quantitative estimate of drug-likeness (QED) is 0.306. The minimum absolute atomic E-state index is 0.0455. The number of nitro groups is 1. The number of halogens is 3. The number of rotatable bonds is 7. The molecule has 8 nitrogen and oxygen atoms in total. The molecule has 0 aliphatic heterocycles. The fourth-order valence-corrected chi connectivity index (χ4v) is 4.55. The standard InChI is InChI=1S/C19H13Cl3N2O6S/c1-29-18-5-3-2-4-16(18)23-31(27,28)12-9-14(21)19(15(22)10-12)30-17-7-6-11(24(25)26)8-13(17)20/h2-10,23H,1H3. The van der Waals surface area contributed by atoms with Crippen molar-refractivity contribution in [2.75, 3.05) is 11.8 Å². The molecule has 3 rings (SSSR count). The van der Waals surface area contributed by atoms with Crippen LogP contribution in [0.4, 0.5) is 11.4 Å². The molecule has 31 heavy (non-hydrogen) atoms. The average molecular weight is 504 g/mol. The number of hydrogen-bond acceptors (Lipinski definition) is 6. The number of nitrogens with one attached hydrogen (secondary N) is 1. The van der Waals surface area contributed by atoms with Crippen LogP contribution in [0, 0.1) is 10.1 Å². The highest BCUT2D eigenvalue weighted by Gasteiger charge is 2.22. The molecular formula is C19H13Cl3N2O6S. The third kappa shape index (κ3) is 5.13. The van der Waals surface area contributed by atoms with Crippen LogP contribution in [-0.2, 0) is 10.0 Å². The van der Waals surface area contributed by atoms with E-state index in [1.54, 1.807) is 18.2 Å². The minimum atomic E-state index is -4.06. The van der Waals surface area contributed by atoms with Crippen LogP contribution in [-0.4, -0.2) is 20.5 Å². The molecule has 0 atom stereocenters. The first kappa shape index (κ1) is 23.0. The van der Waals surface area contributed by atoms with Gasteiger partial charge in [-0.1, -0.05) is 46.9 Å². The average Bonchev–Trinajstić information content (AvgIpc) is 2.71. The Labute approximate surface area is 192 Å². The number of anilines is 1. The Morgan fingerprint density at radius 1 is 0.935 bits per heavy atom. The molecule has 0 saturated carbocycles. The maximum absolute atomic E-state index is 12.8. The van der Waals surface area contributed by atoms with Gasteiger partial charge in [0.1, 0.15) is 11.5 Å². The predicted molar refractivity (Wildman–Crippen MR) is 118 cm³/mol. The van der Waals surface area contributed by atoms with Crippen LogP contribution in [0.3, 0.4) is 0 Å². The summed E-state index contributed by atoms with van der Waals surface area (Å²) in [5, 5.41) is 10.6. The van der Waals surface area contributed by atoms with Gasteiger partial charge in [0, 0.05) is 12.1 Å². The zero-order chi connectivity index (χ0) is 22.8. The fraction of sp³-hybridized carbons (Fsp3) is 0.0526. The van der Waals surface area contributed by atoms with Crippen molar-refractivity contribution in [1.82, 2.24) is 0 Å². The van der Waals surface area contributed by atoms with E-state index in [0.29, 0.717) is 5.75 Å². The number of para-hydroxylation sites is 2. The number of non-ortho nitro benzene ring substituents is 1. The van der Waals surface area contributed by atoms with E-state index in [1.807, 2.05) is 0 Å². The lowest BCUT2D eigenvalue weighted by molar-refractivity contribution is -0.384. The normalized spacial score (nSPS) is 11.1. The first-order chi connectivity index (χ1) is 14.6. The third-order valence-electron chi connectivity index (χ3n) is 3.97. The van der Waals surface area contributed by atoms with Crippen LogP contribution in [0.5, 0.6) is 17.2 Å². The Morgan fingerprint density at radius 3 is 2.16 bits per heavy atom. The summed E-state index contributed by atoms with van der Waals surface area (Å²) in [5.41, 5.74) is 0.00799. The molecule has 0 fully saturated rings. The summed E-state index contributed by atoms with van der Waals surface area (Å²) in [6.45, 7) is 0. The molecule has 0 spiro atoms. The highest BCUT2D eigenvalue weighted by Crippen LogP contribution is 2.41. The molecule has 0 aromatic heterocycles. The van der Waals surface area contributed by atoms with E-state index in [1.165, 1.54) is 25.3 Å². The largest absolute Gasteiger partial charge is 0.495 e. The van der Waals surface area contributed by atoms with Crippen molar-refractivity contribution in [3.63, 3.8) is 0 Å². The van der Waals surface area contributed by atoms with Crippen molar-refractivity contribution in [3.05, 3.63) is 79.8 Å². The van der Waals surface area contributed by atoms with E-state index in [-0.39, 0.29) is 42.8 Å². The number of sulfonamides is 1. The number of methoxy groups -OCH3 is 1. The lowest BCUT2D eigenvalue weighted by atomic mass is 10.3. The SMILES string of the molecule is COc1ccccc1NS(=O)(=O)c1cc(Cl)c(Oc2ccc([N+](=O)[O-])cc2Cl)c(Cl)c1. The van der Waals surface area contributed by atoms with E-state index < -0.39 is 14.9 Å². The van der Waals surface area contributed by atoms with Gasteiger partial charge in [0.15, 0.2) is 5.75 Å². The Bertz CT molecular complexity index is 1240. The summed E-state index contributed by atoms with van der Waals surface area (Å²) in [4.78, 5) is 10.0. The van der Waals surface area contributed by atoms with Gasteiger partial charge >= 0.3 is 0 Å². The van der Waals surface area contributed by atoms with Gasteiger partial charge in [0.05, 0.1) is 37.7 Å². The van der Waals surface area contributed by atoms with E-state index in [0.717, 1.165) is 18.2 Å². The summed E-state index contributed by atoms with van der Waals surface area (Å²) >= 11 is 18.4. The lowest BCUT2D eigenvalue weighted by Crippen LogP contribution is -2.13. The highest BCUT2D eigenvalue weighted by atomic mass is 35.5. The molecule has 3 aromatic rings. The minimum Gasteiger partial charge on any atom is -0.495 e. The van der Waals surface area contributed by atoms with Gasteiger partial charge in [-0.15, -0.1) is 0 Å². The maximum Gasteiger partial charge on any atom is 0.271 e. The second kappa shape index (κ2) is 9.19. The Kier molecular flexibility index (Phi) is 6.80. The van der Waals surface area contributed by atoms with Crippen molar-refractivity contribution in [2.24, 2.45) is 0 Å². The number of hydrogen-bond donors (Lipinski definition) is 1. The summed E-state index contributed by atoms with van der Waals surface area (Å²) < 4.78 is 38.7. The first-order valence-corrected chi connectivity index (χ1v) is 11.0. The lowest BCUT2D eigenvalue weighted by Gasteiger charge is -2.14. The number of benzene rings is 3. The Hall–Kier alpha value is -2.72. The van der Waals surface area contributed by atoms with Crippen molar-refractivity contribution in [1.29, 1.82) is 0 Å². The summed E-state index contributed by atoms with van der Waals surface area (Å²) in [7, 11) is -2.65. The smallest absolute Gasteiger partial charge is 0.271 e. The molecule has 0 saturated heterocycles. The van der Waals surface area contributed by atoms with Crippen LogP contribution in [0.25, 0.3) is 0 Å². The third-order valence-corrected chi connectivity index (χ3v) is 6.17. The molecule has 0 aliphatic carbocycles. The predicted octanol–water partition coefficient (Wildman–Crippen LogP) is 6.16. The van der Waals surface area contributed by atoms with Gasteiger partial charge in [-0.3, -0.25) is 14.8 Å². The zero-order valence-corrected chi connectivity index (χ0v) is 18.7. The Morgan fingerprint density at radius 2 is 1.58 bits per heavy atom. The second-order valence-electron chi connectivity index (χ2n) is 6.00. The molecular weight excluding hydrogens is 491 g/mol. The van der Waals surface area contributed by atoms with E-state index in [4.69, 9.17) is 44.3 Å². The molecule has 12 heteroatoms. The van der Waals surface area contributed by atoms with Crippen LogP contribution in [0.1, 0.15) is 0 Å². The van der Waals surface area contributed by atoms with E-state index in [9.17, 15) is 18.5 Å². The molecule has 162 valence electrons. The van der Waals surface area contributed by atoms with Gasteiger partial charge in [0.25, 0.3) is 15.7 Å². The van der Waals surface area contributed by atoms with Crippen LogP contribution < -0.4 is 14.2 Å². The van der Waals surface area contributed by atoms with Crippen molar-refractivity contribution in [3.8, 4) is 17.2 Å². The van der Waals surface area contributed by atoms with Gasteiger partial charge in [-0.05, 0) is 30.3 Å². The zero-order valence-electron chi connectivity index (χ0n) is 15.6. The van der Waals surface area contributed by atoms with Crippen LogP contribution in [0.15, 0.2) is 59.5 Å². The first-order valence-electron chi connectivity index (χ1n) is 8.39. The number of ether oxygens (including phenoxy) is 2. The molecule has 0 bridgehead atoms. The summed E-state index contributed by atoms with van der Waals surface area (Å²) in [6, 6.07) is 12.4. The van der Waals surface area contributed by atoms with Gasteiger partial charge in [0.2, 0.25) is 0 Å². The van der Waals surface area contributed by atoms with Crippen molar-refractivity contribution in [2.45, 2.75) is 4.90 Å².